The second-order valence-electron chi connectivity index (χ2n) is 5.51. The fourth-order valence-corrected chi connectivity index (χ4v) is 2.30. The maximum atomic E-state index is 12.9. The molecule has 0 bridgehead atoms. The van der Waals surface area contributed by atoms with Crippen molar-refractivity contribution in [1.82, 2.24) is 10.6 Å². The molecule has 0 radical (unpaired) electrons. The molecule has 1 aliphatic rings. The van der Waals surface area contributed by atoms with Crippen molar-refractivity contribution in [3.05, 3.63) is 35.6 Å². The zero-order valence-electron chi connectivity index (χ0n) is 11.9. The molecule has 21 heavy (non-hydrogen) atoms. The lowest BCUT2D eigenvalue weighted by atomic mass is 9.95. The van der Waals surface area contributed by atoms with Crippen LogP contribution in [0.1, 0.15) is 31.7 Å². The van der Waals surface area contributed by atoms with E-state index in [1.807, 2.05) is 0 Å². The lowest BCUT2D eigenvalue weighted by Crippen LogP contribution is -2.51. The average molecular weight is 294 g/mol. The zero-order chi connectivity index (χ0) is 15.5. The minimum atomic E-state index is -1.30. The van der Waals surface area contributed by atoms with Crippen LogP contribution in [0.5, 0.6) is 0 Å². The van der Waals surface area contributed by atoms with E-state index < -0.39 is 11.6 Å². The van der Waals surface area contributed by atoms with E-state index in [2.05, 4.69) is 10.6 Å². The number of halogens is 1. The number of carbonyl (C=O) groups is 2. The molecule has 0 spiro atoms. The quantitative estimate of drug-likeness (QED) is 0.769. The highest BCUT2D eigenvalue weighted by Crippen LogP contribution is 2.20. The molecule has 1 saturated heterocycles. The number of nitrogens with one attached hydrogen (secondary N) is 2. The molecule has 2 rings (SSSR count). The van der Waals surface area contributed by atoms with E-state index in [0.717, 1.165) is 0 Å². The first-order valence-corrected chi connectivity index (χ1v) is 6.94. The Morgan fingerprint density at radius 1 is 1.48 bits per heavy atom. The molecule has 1 aromatic rings. The molecule has 0 aliphatic carbocycles. The predicted molar refractivity (Wildman–Crippen MR) is 74.8 cm³/mol. The van der Waals surface area contributed by atoms with Crippen LogP contribution in [0.2, 0.25) is 0 Å². The Kier molecular flexibility index (Phi) is 4.57. The third kappa shape index (κ3) is 4.01. The first kappa shape index (κ1) is 15.4. The van der Waals surface area contributed by atoms with Gasteiger partial charge >= 0.3 is 0 Å². The van der Waals surface area contributed by atoms with Crippen LogP contribution in [0.3, 0.4) is 0 Å². The van der Waals surface area contributed by atoms with E-state index in [-0.39, 0.29) is 24.2 Å². The summed E-state index contributed by atoms with van der Waals surface area (Å²) in [5.41, 5.74) is -0.793. The van der Waals surface area contributed by atoms with Gasteiger partial charge in [0.2, 0.25) is 11.8 Å². The van der Waals surface area contributed by atoms with Crippen LogP contribution in [0.25, 0.3) is 0 Å². The van der Waals surface area contributed by atoms with E-state index in [0.29, 0.717) is 24.8 Å². The Hall–Kier alpha value is -1.95. The summed E-state index contributed by atoms with van der Waals surface area (Å²) in [5, 5.41) is 15.6. The minimum absolute atomic E-state index is 0.0101. The first-order chi connectivity index (χ1) is 9.88. The number of amides is 2. The van der Waals surface area contributed by atoms with Gasteiger partial charge < -0.3 is 15.7 Å². The van der Waals surface area contributed by atoms with Gasteiger partial charge in [0.15, 0.2) is 0 Å². The molecule has 0 aromatic heterocycles. The number of hydrogen-bond donors (Lipinski definition) is 3. The molecule has 1 heterocycles. The standard InChI is InChI=1S/C15H19FN2O3/c1-15(21,10-5-7-11(16)8-6-10)9-17-14(20)12-3-2-4-13(19)18-12/h5-8,12,21H,2-4,9H2,1H3,(H,17,20)(H,18,19)/t12-,15?/m1/s1. The Morgan fingerprint density at radius 3 is 2.76 bits per heavy atom. The van der Waals surface area contributed by atoms with Gasteiger partial charge in [0, 0.05) is 6.42 Å². The van der Waals surface area contributed by atoms with Gasteiger partial charge in [-0.2, -0.15) is 0 Å². The van der Waals surface area contributed by atoms with Crippen LogP contribution in [0.15, 0.2) is 24.3 Å². The summed E-state index contributed by atoms with van der Waals surface area (Å²) in [4.78, 5) is 23.2. The van der Waals surface area contributed by atoms with Gasteiger partial charge in [-0.15, -0.1) is 0 Å². The lowest BCUT2D eigenvalue weighted by Gasteiger charge is -2.27. The molecule has 0 saturated carbocycles. The van der Waals surface area contributed by atoms with Crippen LogP contribution in [-0.4, -0.2) is 29.5 Å². The third-order valence-corrected chi connectivity index (χ3v) is 3.62. The summed E-state index contributed by atoms with van der Waals surface area (Å²) < 4.78 is 12.9. The Bertz CT molecular complexity index is 528. The summed E-state index contributed by atoms with van der Waals surface area (Å²) in [7, 11) is 0. The Balaban J connectivity index is 1.93. The second kappa shape index (κ2) is 6.22. The molecular weight excluding hydrogens is 275 g/mol. The summed E-state index contributed by atoms with van der Waals surface area (Å²) in [6, 6.07) is 4.92. The third-order valence-electron chi connectivity index (χ3n) is 3.62. The predicted octanol–water partition coefficient (Wildman–Crippen LogP) is 0.818. The van der Waals surface area contributed by atoms with Gasteiger partial charge in [0.25, 0.3) is 0 Å². The van der Waals surface area contributed by atoms with Gasteiger partial charge in [-0.1, -0.05) is 12.1 Å². The molecular formula is C15H19FN2O3. The lowest BCUT2D eigenvalue weighted by molar-refractivity contribution is -0.131. The van der Waals surface area contributed by atoms with Crippen molar-refractivity contribution in [3.63, 3.8) is 0 Å². The van der Waals surface area contributed by atoms with E-state index >= 15 is 0 Å². The largest absolute Gasteiger partial charge is 0.384 e. The normalized spacial score (nSPS) is 21.3. The highest BCUT2D eigenvalue weighted by Gasteiger charge is 2.28. The van der Waals surface area contributed by atoms with Crippen LogP contribution in [0.4, 0.5) is 4.39 Å². The van der Waals surface area contributed by atoms with E-state index in [9.17, 15) is 19.1 Å². The van der Waals surface area contributed by atoms with Gasteiger partial charge in [-0.3, -0.25) is 9.59 Å². The highest BCUT2D eigenvalue weighted by atomic mass is 19.1. The molecule has 1 aliphatic heterocycles. The topological polar surface area (TPSA) is 78.4 Å². The summed E-state index contributed by atoms with van der Waals surface area (Å²) >= 11 is 0. The Labute approximate surface area is 122 Å². The van der Waals surface area contributed by atoms with Gasteiger partial charge in [-0.05, 0) is 37.5 Å². The fourth-order valence-electron chi connectivity index (χ4n) is 2.30. The van der Waals surface area contributed by atoms with Crippen molar-refractivity contribution in [2.45, 2.75) is 37.8 Å². The fraction of sp³-hybridized carbons (Fsp3) is 0.467. The maximum Gasteiger partial charge on any atom is 0.242 e. The second-order valence-corrected chi connectivity index (χ2v) is 5.51. The van der Waals surface area contributed by atoms with Crippen molar-refractivity contribution in [1.29, 1.82) is 0 Å². The number of carbonyl (C=O) groups excluding carboxylic acids is 2. The number of hydrogen-bond acceptors (Lipinski definition) is 3. The zero-order valence-corrected chi connectivity index (χ0v) is 11.9. The van der Waals surface area contributed by atoms with Crippen molar-refractivity contribution >= 4 is 11.8 Å². The summed E-state index contributed by atoms with van der Waals surface area (Å²) in [6.45, 7) is 1.53. The summed E-state index contributed by atoms with van der Waals surface area (Å²) in [5.74, 6) is -0.833. The molecule has 2 atom stereocenters. The van der Waals surface area contributed by atoms with E-state index in [1.54, 1.807) is 6.92 Å². The molecule has 3 N–H and O–H groups in total. The van der Waals surface area contributed by atoms with Crippen molar-refractivity contribution in [2.75, 3.05) is 6.54 Å². The van der Waals surface area contributed by atoms with Crippen LogP contribution in [-0.2, 0) is 15.2 Å². The first-order valence-electron chi connectivity index (χ1n) is 6.94. The maximum absolute atomic E-state index is 12.9. The van der Waals surface area contributed by atoms with Gasteiger partial charge in [0.1, 0.15) is 17.5 Å². The summed E-state index contributed by atoms with van der Waals surface area (Å²) in [6.07, 6.45) is 1.71. The van der Waals surface area contributed by atoms with Crippen molar-refractivity contribution in [2.24, 2.45) is 0 Å². The van der Waals surface area contributed by atoms with Crippen LogP contribution >= 0.6 is 0 Å². The number of benzene rings is 1. The molecule has 5 nitrogen and oxygen atoms in total. The van der Waals surface area contributed by atoms with Gasteiger partial charge in [-0.25, -0.2) is 4.39 Å². The smallest absolute Gasteiger partial charge is 0.242 e. The van der Waals surface area contributed by atoms with E-state index in [4.69, 9.17) is 0 Å². The van der Waals surface area contributed by atoms with Gasteiger partial charge in [0.05, 0.1) is 6.54 Å². The molecule has 1 aromatic carbocycles. The SMILES string of the molecule is CC(O)(CNC(=O)[C@H]1CCCC(=O)N1)c1ccc(F)cc1. The number of rotatable bonds is 4. The van der Waals surface area contributed by atoms with Crippen LogP contribution in [0, 0.1) is 5.82 Å². The number of aliphatic hydroxyl groups is 1. The van der Waals surface area contributed by atoms with Crippen LogP contribution < -0.4 is 10.6 Å². The molecule has 2 amide bonds. The van der Waals surface area contributed by atoms with Crippen molar-refractivity contribution in [3.8, 4) is 0 Å². The Morgan fingerprint density at radius 2 is 2.14 bits per heavy atom. The minimum Gasteiger partial charge on any atom is -0.384 e. The molecule has 1 unspecified atom stereocenters. The molecule has 1 fully saturated rings. The van der Waals surface area contributed by atoms with E-state index in [1.165, 1.54) is 24.3 Å². The molecule has 114 valence electrons. The monoisotopic (exact) mass is 294 g/mol. The number of piperidine rings is 1. The molecule has 6 heteroatoms. The van der Waals surface area contributed by atoms with Crippen molar-refractivity contribution < 1.29 is 19.1 Å². The average Bonchev–Trinajstić information content (AvgIpc) is 2.45. The highest BCUT2D eigenvalue weighted by molar-refractivity contribution is 5.88.